The molecule has 204 valence electrons. The van der Waals surface area contributed by atoms with Gasteiger partial charge in [-0.15, -0.1) is 0 Å². The van der Waals surface area contributed by atoms with Crippen LogP contribution in [-0.2, 0) is 0 Å². The Balaban J connectivity index is 1.24. The van der Waals surface area contributed by atoms with Gasteiger partial charge in [0, 0.05) is 27.6 Å². The van der Waals surface area contributed by atoms with Gasteiger partial charge in [-0.1, -0.05) is 115 Å². The van der Waals surface area contributed by atoms with Crippen LogP contribution < -0.4 is 0 Å². The Morgan fingerprint density at radius 2 is 0.864 bits per heavy atom. The zero-order valence-corrected chi connectivity index (χ0v) is 23.7. The zero-order valence-electron chi connectivity index (χ0n) is 23.7. The molecule has 0 amide bonds. The van der Waals surface area contributed by atoms with Gasteiger partial charge >= 0.3 is 0 Å². The molecule has 44 heavy (non-hydrogen) atoms. The maximum atomic E-state index is 6.56. The van der Waals surface area contributed by atoms with Crippen molar-refractivity contribution < 1.29 is 8.83 Å². The molecule has 0 aliphatic heterocycles. The molecule has 0 atom stereocenters. The summed E-state index contributed by atoms with van der Waals surface area (Å²) in [6.07, 6.45) is 0. The van der Waals surface area contributed by atoms with E-state index < -0.39 is 0 Å². The molecule has 0 spiro atoms. The Bertz CT molecular complexity index is 2700. The average molecular weight is 561 g/mol. The van der Waals surface area contributed by atoms with E-state index in [9.17, 15) is 0 Å². The standard InChI is InChI=1S/C42H24O2/c1-2-11-26(12-3-1)40-30-14-6-8-16-32(30)41(33-17-9-7-15-31(33)40)27-18-20-29-34-23-35-39(24-38(34)44-37(29)22-27)43-36-21-19-25-10-4-5-13-28(25)42(35)36/h1-24H. The molecule has 8 aromatic carbocycles. The van der Waals surface area contributed by atoms with Crippen LogP contribution in [0.1, 0.15) is 0 Å². The third-order valence-electron chi connectivity index (χ3n) is 9.24. The molecule has 0 unspecified atom stereocenters. The van der Waals surface area contributed by atoms with Gasteiger partial charge in [0.05, 0.1) is 0 Å². The van der Waals surface area contributed by atoms with Gasteiger partial charge in [0.1, 0.15) is 22.3 Å². The molecule has 2 heteroatoms. The number of furan rings is 2. The molecule has 10 rings (SSSR count). The number of fused-ring (bicyclic) bond motifs is 10. The van der Waals surface area contributed by atoms with Gasteiger partial charge < -0.3 is 8.83 Å². The second-order valence-corrected chi connectivity index (χ2v) is 11.6. The van der Waals surface area contributed by atoms with Crippen molar-refractivity contribution in [1.82, 2.24) is 0 Å². The van der Waals surface area contributed by atoms with E-state index in [1.807, 2.05) is 0 Å². The SMILES string of the molecule is c1ccc(-c2c3ccccc3c(-c3ccc4c(c3)oc3cc5oc6ccc7ccccc7c6c5cc34)c3ccccc23)cc1. The molecule has 0 aliphatic carbocycles. The van der Waals surface area contributed by atoms with E-state index in [1.54, 1.807) is 0 Å². The zero-order chi connectivity index (χ0) is 28.8. The first kappa shape index (κ1) is 23.7. The Morgan fingerprint density at radius 3 is 1.59 bits per heavy atom. The maximum absolute atomic E-state index is 6.56. The van der Waals surface area contributed by atoms with E-state index in [0.717, 1.165) is 49.4 Å². The number of hydrogen-bond acceptors (Lipinski definition) is 2. The number of benzene rings is 8. The Hall–Kier alpha value is -5.86. The van der Waals surface area contributed by atoms with Gasteiger partial charge in [-0.2, -0.15) is 0 Å². The van der Waals surface area contributed by atoms with Crippen LogP contribution in [0.4, 0.5) is 0 Å². The molecular formula is C42H24O2. The third kappa shape index (κ3) is 3.25. The van der Waals surface area contributed by atoms with Crippen molar-refractivity contribution in [2.45, 2.75) is 0 Å². The second kappa shape index (κ2) is 8.82. The predicted octanol–water partition coefficient (Wildman–Crippen LogP) is 12.3. The summed E-state index contributed by atoms with van der Waals surface area (Å²) in [5.41, 5.74) is 8.32. The van der Waals surface area contributed by atoms with Crippen LogP contribution in [0.15, 0.2) is 154 Å². The first-order valence-electron chi connectivity index (χ1n) is 15.0. The van der Waals surface area contributed by atoms with Crippen LogP contribution in [0.25, 0.3) is 98.4 Å². The summed E-state index contributed by atoms with van der Waals surface area (Å²) in [7, 11) is 0. The van der Waals surface area contributed by atoms with E-state index in [0.29, 0.717) is 0 Å². The smallest absolute Gasteiger partial charge is 0.139 e. The molecule has 0 N–H and O–H groups in total. The van der Waals surface area contributed by atoms with E-state index >= 15 is 0 Å². The van der Waals surface area contributed by atoms with Gasteiger partial charge in [0.15, 0.2) is 0 Å². The van der Waals surface area contributed by atoms with E-state index in [4.69, 9.17) is 8.83 Å². The number of hydrogen-bond donors (Lipinski definition) is 0. The lowest BCUT2D eigenvalue weighted by molar-refractivity contribution is 0.656. The predicted molar refractivity (Wildman–Crippen MR) is 184 cm³/mol. The Kier molecular flexibility index (Phi) is 4.75. The molecular weight excluding hydrogens is 536 g/mol. The fourth-order valence-electron chi connectivity index (χ4n) is 7.33. The molecule has 10 aromatic rings. The quantitative estimate of drug-likeness (QED) is 0.197. The Labute approximate surface area is 252 Å². The summed E-state index contributed by atoms with van der Waals surface area (Å²) in [6, 6.07) is 51.9. The highest BCUT2D eigenvalue weighted by atomic mass is 16.3. The normalized spacial score (nSPS) is 12.1. The molecule has 0 bridgehead atoms. The highest BCUT2D eigenvalue weighted by Gasteiger charge is 2.19. The van der Waals surface area contributed by atoms with Crippen molar-refractivity contribution in [1.29, 1.82) is 0 Å². The minimum Gasteiger partial charge on any atom is -0.456 e. The van der Waals surface area contributed by atoms with Gasteiger partial charge in [-0.25, -0.2) is 0 Å². The maximum Gasteiger partial charge on any atom is 0.139 e. The van der Waals surface area contributed by atoms with Gasteiger partial charge in [0.2, 0.25) is 0 Å². The summed E-state index contributed by atoms with van der Waals surface area (Å²) in [5, 5.41) is 11.9. The van der Waals surface area contributed by atoms with Crippen molar-refractivity contribution in [2.75, 3.05) is 0 Å². The van der Waals surface area contributed by atoms with Crippen molar-refractivity contribution >= 4 is 76.2 Å². The first-order valence-corrected chi connectivity index (χ1v) is 15.0. The summed E-state index contributed by atoms with van der Waals surface area (Å²) < 4.78 is 12.9. The van der Waals surface area contributed by atoms with Crippen molar-refractivity contribution in [3.05, 3.63) is 146 Å². The van der Waals surface area contributed by atoms with Crippen LogP contribution in [0, 0.1) is 0 Å². The largest absolute Gasteiger partial charge is 0.456 e. The van der Waals surface area contributed by atoms with Crippen LogP contribution in [-0.4, -0.2) is 0 Å². The molecule has 2 nitrogen and oxygen atoms in total. The lowest BCUT2D eigenvalue weighted by Gasteiger charge is -2.17. The Morgan fingerprint density at radius 1 is 0.295 bits per heavy atom. The van der Waals surface area contributed by atoms with Crippen molar-refractivity contribution in [2.24, 2.45) is 0 Å². The van der Waals surface area contributed by atoms with Crippen molar-refractivity contribution in [3.63, 3.8) is 0 Å². The van der Waals surface area contributed by atoms with E-state index in [2.05, 4.69) is 146 Å². The highest BCUT2D eigenvalue weighted by molar-refractivity contribution is 6.24. The fraction of sp³-hybridized carbons (Fsp3) is 0. The summed E-state index contributed by atoms with van der Waals surface area (Å²) in [4.78, 5) is 0. The second-order valence-electron chi connectivity index (χ2n) is 11.6. The highest BCUT2D eigenvalue weighted by Crippen LogP contribution is 2.45. The minimum absolute atomic E-state index is 0.835. The summed E-state index contributed by atoms with van der Waals surface area (Å²) in [6.45, 7) is 0. The minimum atomic E-state index is 0.835. The molecule has 2 aromatic heterocycles. The number of rotatable bonds is 2. The average Bonchev–Trinajstić information content (AvgIpc) is 3.63. The molecule has 0 saturated carbocycles. The lowest BCUT2D eigenvalue weighted by atomic mass is 9.86. The molecule has 0 radical (unpaired) electrons. The van der Waals surface area contributed by atoms with Crippen LogP contribution in [0.5, 0.6) is 0 Å². The van der Waals surface area contributed by atoms with E-state index in [-0.39, 0.29) is 0 Å². The third-order valence-corrected chi connectivity index (χ3v) is 9.24. The van der Waals surface area contributed by atoms with Gasteiger partial charge in [-0.3, -0.25) is 0 Å². The lowest BCUT2D eigenvalue weighted by Crippen LogP contribution is -1.90. The topological polar surface area (TPSA) is 26.3 Å². The fourth-order valence-corrected chi connectivity index (χ4v) is 7.33. The van der Waals surface area contributed by atoms with Crippen molar-refractivity contribution in [3.8, 4) is 22.3 Å². The molecule has 0 saturated heterocycles. The van der Waals surface area contributed by atoms with Gasteiger partial charge in [-0.05, 0) is 78.8 Å². The molecule has 0 aliphatic rings. The monoisotopic (exact) mass is 560 g/mol. The first-order chi connectivity index (χ1) is 21.8. The summed E-state index contributed by atoms with van der Waals surface area (Å²) >= 11 is 0. The van der Waals surface area contributed by atoms with Crippen LogP contribution in [0.3, 0.4) is 0 Å². The van der Waals surface area contributed by atoms with Crippen LogP contribution >= 0.6 is 0 Å². The summed E-state index contributed by atoms with van der Waals surface area (Å²) in [5.74, 6) is 0. The van der Waals surface area contributed by atoms with E-state index in [1.165, 1.54) is 49.0 Å². The molecule has 2 heterocycles. The van der Waals surface area contributed by atoms with Gasteiger partial charge in [0.25, 0.3) is 0 Å². The molecule has 0 fully saturated rings. The van der Waals surface area contributed by atoms with Crippen LogP contribution in [0.2, 0.25) is 0 Å².